The van der Waals surface area contributed by atoms with Crippen LogP contribution in [0.4, 0.5) is 17.1 Å². The van der Waals surface area contributed by atoms with Crippen LogP contribution in [0.5, 0.6) is 0 Å². The largest absolute Gasteiger partial charge is 0.410 e. The van der Waals surface area contributed by atoms with Gasteiger partial charge >= 0.3 is 0 Å². The third kappa shape index (κ3) is 5.11. The number of benzene rings is 7. The standard InChI is InChI=1S/C49H34N4O/c1-49(2)43-32-33(22-28-39(43)41-29-30-42-40-20-12-13-21-44(40)53(47(42)46(41)49)37-18-10-5-11-19-37)23-31-45-50-51-48(54-45)34-24-26-38(27-25-34)52(35-14-6-3-7-15-35)36-16-8-4-9-17-36/h3-22,24-30,32H,1-2H3. The number of hydrogen-bond acceptors (Lipinski definition) is 4. The van der Waals surface area contributed by atoms with Crippen molar-refractivity contribution >= 4 is 38.9 Å². The molecule has 1 aliphatic carbocycles. The van der Waals surface area contributed by atoms with E-state index in [1.165, 1.54) is 44.1 Å². The van der Waals surface area contributed by atoms with Crippen LogP contribution in [0, 0.1) is 11.8 Å². The summed E-state index contributed by atoms with van der Waals surface area (Å²) in [7, 11) is 0. The SMILES string of the molecule is CC1(C)c2cc(C#Cc3nnc(-c4ccc(N(c5ccccc5)c5ccccc5)cc4)o3)ccc2-c2ccc3c4ccccc4n(-c4ccccc4)c3c21. The van der Waals surface area contributed by atoms with Crippen molar-refractivity contribution in [3.05, 3.63) is 192 Å². The summed E-state index contributed by atoms with van der Waals surface area (Å²) in [6, 6.07) is 59.3. The molecule has 0 N–H and O–H groups in total. The smallest absolute Gasteiger partial charge is 0.294 e. The van der Waals surface area contributed by atoms with Gasteiger partial charge in [0.25, 0.3) is 5.89 Å². The Morgan fingerprint density at radius 1 is 0.574 bits per heavy atom. The summed E-state index contributed by atoms with van der Waals surface area (Å²) in [6.07, 6.45) is 0. The zero-order valence-electron chi connectivity index (χ0n) is 29.9. The van der Waals surface area contributed by atoms with E-state index in [0.29, 0.717) is 5.89 Å². The highest BCUT2D eigenvalue weighted by molar-refractivity contribution is 6.13. The van der Waals surface area contributed by atoms with Crippen molar-refractivity contribution in [3.63, 3.8) is 0 Å². The van der Waals surface area contributed by atoms with E-state index in [1.807, 2.05) is 48.5 Å². The monoisotopic (exact) mass is 694 g/mol. The average Bonchev–Trinajstić information content (AvgIpc) is 3.90. The summed E-state index contributed by atoms with van der Waals surface area (Å²) < 4.78 is 8.50. The van der Waals surface area contributed by atoms with Crippen molar-refractivity contribution in [2.24, 2.45) is 0 Å². The fourth-order valence-corrected chi connectivity index (χ4v) is 8.14. The number of aromatic nitrogens is 3. The van der Waals surface area contributed by atoms with Crippen LogP contribution in [0.15, 0.2) is 174 Å². The molecule has 0 amide bonds. The number of anilines is 3. The van der Waals surface area contributed by atoms with Crippen molar-refractivity contribution in [2.45, 2.75) is 19.3 Å². The number of rotatable bonds is 5. The molecule has 0 fully saturated rings. The second kappa shape index (κ2) is 12.5. The van der Waals surface area contributed by atoms with Gasteiger partial charge in [-0.3, -0.25) is 0 Å². The van der Waals surface area contributed by atoms with Crippen LogP contribution in [0.25, 0.3) is 50.1 Å². The Hall–Kier alpha value is -7.16. The van der Waals surface area contributed by atoms with Gasteiger partial charge in [0.15, 0.2) is 0 Å². The van der Waals surface area contributed by atoms with Gasteiger partial charge in [0.2, 0.25) is 5.89 Å². The molecule has 0 saturated carbocycles. The van der Waals surface area contributed by atoms with Crippen LogP contribution < -0.4 is 4.90 Å². The first-order valence-corrected chi connectivity index (χ1v) is 18.2. The third-order valence-electron chi connectivity index (χ3n) is 10.6. The molecule has 0 atom stereocenters. The number of para-hydroxylation sites is 4. The Morgan fingerprint density at radius 2 is 1.20 bits per heavy atom. The predicted molar refractivity (Wildman–Crippen MR) is 219 cm³/mol. The maximum Gasteiger partial charge on any atom is 0.294 e. The molecule has 256 valence electrons. The normalized spacial score (nSPS) is 12.6. The van der Waals surface area contributed by atoms with E-state index in [-0.39, 0.29) is 11.3 Å². The Morgan fingerprint density at radius 3 is 1.93 bits per heavy atom. The van der Waals surface area contributed by atoms with Crippen LogP contribution in [-0.4, -0.2) is 14.8 Å². The third-order valence-corrected chi connectivity index (χ3v) is 10.6. The van der Waals surface area contributed by atoms with Crippen molar-refractivity contribution < 1.29 is 4.42 Å². The van der Waals surface area contributed by atoms with Gasteiger partial charge in [0, 0.05) is 50.1 Å². The summed E-state index contributed by atoms with van der Waals surface area (Å²) in [4.78, 5) is 2.22. The van der Waals surface area contributed by atoms with E-state index in [9.17, 15) is 0 Å². The van der Waals surface area contributed by atoms with Crippen molar-refractivity contribution in [2.75, 3.05) is 4.90 Å². The van der Waals surface area contributed by atoms with Crippen LogP contribution in [0.2, 0.25) is 0 Å². The second-order valence-corrected chi connectivity index (χ2v) is 14.2. The van der Waals surface area contributed by atoms with E-state index in [4.69, 9.17) is 4.42 Å². The fraction of sp³-hybridized carbons (Fsp3) is 0.0612. The van der Waals surface area contributed by atoms with Gasteiger partial charge in [0.05, 0.1) is 11.0 Å². The summed E-state index contributed by atoms with van der Waals surface area (Å²) >= 11 is 0. The lowest BCUT2D eigenvalue weighted by molar-refractivity contribution is 0.555. The van der Waals surface area contributed by atoms with E-state index >= 15 is 0 Å². The molecule has 0 spiro atoms. The molecule has 5 nitrogen and oxygen atoms in total. The molecule has 0 saturated heterocycles. The number of nitrogens with zero attached hydrogens (tertiary/aromatic N) is 4. The van der Waals surface area contributed by atoms with Crippen molar-refractivity contribution in [1.29, 1.82) is 0 Å². The van der Waals surface area contributed by atoms with E-state index < -0.39 is 0 Å². The van der Waals surface area contributed by atoms with Gasteiger partial charge in [-0.05, 0) is 107 Å². The van der Waals surface area contributed by atoms with E-state index in [0.717, 1.165) is 33.9 Å². The number of fused-ring (bicyclic) bond motifs is 7. The molecule has 0 unspecified atom stereocenters. The van der Waals surface area contributed by atoms with Gasteiger partial charge < -0.3 is 13.9 Å². The topological polar surface area (TPSA) is 47.1 Å². The molecule has 5 heteroatoms. The minimum absolute atomic E-state index is 0.261. The van der Waals surface area contributed by atoms with Gasteiger partial charge in [-0.15, -0.1) is 5.10 Å². The van der Waals surface area contributed by atoms with E-state index in [1.54, 1.807) is 0 Å². The molecule has 0 bridgehead atoms. The van der Waals surface area contributed by atoms with Gasteiger partial charge in [-0.2, -0.15) is 0 Å². The molecule has 2 heterocycles. The van der Waals surface area contributed by atoms with Crippen molar-refractivity contribution in [3.8, 4) is 40.1 Å². The quantitative estimate of drug-likeness (QED) is 0.168. The zero-order valence-corrected chi connectivity index (χ0v) is 29.9. The minimum atomic E-state index is -0.261. The van der Waals surface area contributed by atoms with Gasteiger partial charge in [-0.1, -0.05) is 116 Å². The maximum atomic E-state index is 6.07. The van der Waals surface area contributed by atoms with Crippen LogP contribution in [0.3, 0.4) is 0 Å². The second-order valence-electron chi connectivity index (χ2n) is 14.2. The molecule has 54 heavy (non-hydrogen) atoms. The predicted octanol–water partition coefficient (Wildman–Crippen LogP) is 12.0. The van der Waals surface area contributed by atoms with Crippen LogP contribution in [-0.2, 0) is 5.41 Å². The first-order valence-electron chi connectivity index (χ1n) is 18.2. The summed E-state index contributed by atoms with van der Waals surface area (Å²) in [5.41, 5.74) is 13.4. The van der Waals surface area contributed by atoms with Crippen molar-refractivity contribution in [1.82, 2.24) is 14.8 Å². The molecule has 7 aromatic carbocycles. The highest BCUT2D eigenvalue weighted by Gasteiger charge is 2.38. The lowest BCUT2D eigenvalue weighted by atomic mass is 9.81. The van der Waals surface area contributed by atoms with Gasteiger partial charge in [0.1, 0.15) is 0 Å². The van der Waals surface area contributed by atoms with Crippen LogP contribution >= 0.6 is 0 Å². The lowest BCUT2D eigenvalue weighted by Crippen LogP contribution is -2.16. The fourth-order valence-electron chi connectivity index (χ4n) is 8.14. The highest BCUT2D eigenvalue weighted by atomic mass is 16.4. The zero-order chi connectivity index (χ0) is 36.2. The molecule has 1 aliphatic rings. The lowest BCUT2D eigenvalue weighted by Gasteiger charge is -2.25. The Bertz CT molecular complexity index is 2860. The molecular formula is C49H34N4O. The Labute approximate surface area is 313 Å². The summed E-state index contributed by atoms with van der Waals surface area (Å²) in [5, 5.41) is 11.1. The molecular weight excluding hydrogens is 661 g/mol. The first kappa shape index (κ1) is 31.6. The average molecular weight is 695 g/mol. The Kier molecular flexibility index (Phi) is 7.31. The van der Waals surface area contributed by atoms with E-state index in [2.05, 4.69) is 167 Å². The van der Waals surface area contributed by atoms with Gasteiger partial charge in [-0.25, -0.2) is 0 Å². The first-order chi connectivity index (χ1) is 26.5. The molecule has 0 radical (unpaired) electrons. The summed E-state index contributed by atoms with van der Waals surface area (Å²) in [6.45, 7) is 4.66. The summed E-state index contributed by atoms with van der Waals surface area (Å²) in [5.74, 6) is 7.17. The Balaban J connectivity index is 0.965. The molecule has 9 aromatic rings. The van der Waals surface area contributed by atoms with Crippen LogP contribution in [0.1, 0.15) is 36.4 Å². The maximum absolute atomic E-state index is 6.07. The highest BCUT2D eigenvalue weighted by Crippen LogP contribution is 2.53. The minimum Gasteiger partial charge on any atom is -0.410 e. The molecule has 2 aromatic heterocycles. The molecule has 0 aliphatic heterocycles. The number of hydrogen-bond donors (Lipinski definition) is 0. The molecule has 10 rings (SSSR count).